The van der Waals surface area contributed by atoms with Crippen molar-refractivity contribution >= 4 is 41.8 Å². The van der Waals surface area contributed by atoms with Gasteiger partial charge >= 0.3 is 5.97 Å². The number of aromatic carboxylic acids is 1. The predicted molar refractivity (Wildman–Crippen MR) is 127 cm³/mol. The second-order valence-electron chi connectivity index (χ2n) is 8.52. The van der Waals surface area contributed by atoms with E-state index in [4.69, 9.17) is 9.57 Å². The van der Waals surface area contributed by atoms with Gasteiger partial charge < -0.3 is 24.1 Å². The average molecular weight is 485 g/mol. The Hall–Kier alpha value is -3.60. The molecule has 6 rings (SSSR count). The number of ether oxygens (including phenoxy) is 1. The molecule has 0 amide bonds. The SMILES string of the molecule is C[C@H]1COc2c(N3CC4ON=C(c5ccccn5)C4C3)c(F)cc3c(=O)c(C(=O)O)cn1c23.S. The van der Waals surface area contributed by atoms with Gasteiger partial charge in [0.15, 0.2) is 17.7 Å². The van der Waals surface area contributed by atoms with Gasteiger partial charge in [-0.2, -0.15) is 13.5 Å². The molecule has 1 N–H and O–H groups in total. The highest BCUT2D eigenvalue weighted by Crippen LogP contribution is 2.44. The van der Waals surface area contributed by atoms with E-state index in [-0.39, 0.29) is 55.0 Å². The smallest absolute Gasteiger partial charge is 0.341 e. The van der Waals surface area contributed by atoms with Crippen LogP contribution in [0.3, 0.4) is 0 Å². The minimum absolute atomic E-state index is 0. The Bertz CT molecular complexity index is 1410. The number of halogens is 1. The highest BCUT2D eigenvalue weighted by Gasteiger charge is 2.45. The molecule has 9 nitrogen and oxygen atoms in total. The number of nitrogens with zero attached hydrogens (tertiary/aromatic N) is 4. The van der Waals surface area contributed by atoms with E-state index >= 15 is 4.39 Å². The van der Waals surface area contributed by atoms with Crippen LogP contribution < -0.4 is 15.1 Å². The number of aromatic nitrogens is 2. The summed E-state index contributed by atoms with van der Waals surface area (Å²) in [6, 6.07) is 6.44. The number of rotatable bonds is 3. The topological polar surface area (TPSA) is 106 Å². The van der Waals surface area contributed by atoms with Crippen LogP contribution in [0.5, 0.6) is 5.75 Å². The first-order valence-corrected chi connectivity index (χ1v) is 10.6. The molecule has 34 heavy (non-hydrogen) atoms. The second-order valence-corrected chi connectivity index (χ2v) is 8.52. The van der Waals surface area contributed by atoms with Gasteiger partial charge in [-0.25, -0.2) is 9.18 Å². The molecule has 1 saturated heterocycles. The van der Waals surface area contributed by atoms with E-state index in [9.17, 15) is 14.7 Å². The van der Waals surface area contributed by atoms with Crippen molar-refractivity contribution < 1.29 is 23.9 Å². The number of fused-ring (bicyclic) bond motifs is 1. The first-order valence-electron chi connectivity index (χ1n) is 10.6. The summed E-state index contributed by atoms with van der Waals surface area (Å²) in [6.07, 6.45) is 2.74. The molecule has 5 heterocycles. The van der Waals surface area contributed by atoms with Gasteiger partial charge in [-0.15, -0.1) is 0 Å². The van der Waals surface area contributed by atoms with Gasteiger partial charge in [-0.3, -0.25) is 9.78 Å². The van der Waals surface area contributed by atoms with Crippen molar-refractivity contribution in [3.05, 3.63) is 64.0 Å². The molecular weight excluding hydrogens is 463 g/mol. The molecule has 0 saturated carbocycles. The summed E-state index contributed by atoms with van der Waals surface area (Å²) in [5.41, 5.74) is 0.947. The number of carboxylic acid groups (broad SMARTS) is 1. The van der Waals surface area contributed by atoms with Crippen LogP contribution in [0.15, 0.2) is 46.6 Å². The number of hydrogen-bond acceptors (Lipinski definition) is 7. The molecule has 2 aromatic heterocycles. The maximum absolute atomic E-state index is 15.5. The third kappa shape index (κ3) is 3.14. The molecule has 0 bridgehead atoms. The molecule has 11 heteroatoms. The third-order valence-electron chi connectivity index (χ3n) is 6.52. The summed E-state index contributed by atoms with van der Waals surface area (Å²) >= 11 is 0. The van der Waals surface area contributed by atoms with Crippen LogP contribution in [0.2, 0.25) is 0 Å². The Morgan fingerprint density at radius 1 is 1.29 bits per heavy atom. The zero-order valence-corrected chi connectivity index (χ0v) is 19.1. The quantitative estimate of drug-likeness (QED) is 0.609. The predicted octanol–water partition coefficient (Wildman–Crippen LogP) is 2.54. The van der Waals surface area contributed by atoms with Crippen LogP contribution in [0.4, 0.5) is 10.1 Å². The Kier molecular flexibility index (Phi) is 5.23. The number of anilines is 1. The normalized spacial score (nSPS) is 22.5. The summed E-state index contributed by atoms with van der Waals surface area (Å²) in [7, 11) is 0. The van der Waals surface area contributed by atoms with Gasteiger partial charge in [-0.1, -0.05) is 11.2 Å². The molecule has 2 unspecified atom stereocenters. The Morgan fingerprint density at radius 2 is 2.12 bits per heavy atom. The summed E-state index contributed by atoms with van der Waals surface area (Å²) < 4.78 is 23.1. The van der Waals surface area contributed by atoms with E-state index in [1.165, 1.54) is 6.20 Å². The number of hydrogen-bond donors (Lipinski definition) is 1. The summed E-state index contributed by atoms with van der Waals surface area (Å²) in [5.74, 6) is -1.84. The first kappa shape index (κ1) is 22.2. The van der Waals surface area contributed by atoms with Gasteiger partial charge in [0.2, 0.25) is 5.43 Å². The lowest BCUT2D eigenvalue weighted by Crippen LogP contribution is -2.30. The van der Waals surface area contributed by atoms with Gasteiger partial charge in [-0.05, 0) is 25.1 Å². The Morgan fingerprint density at radius 3 is 2.85 bits per heavy atom. The van der Waals surface area contributed by atoms with Crippen molar-refractivity contribution in [3.63, 3.8) is 0 Å². The van der Waals surface area contributed by atoms with Crippen molar-refractivity contribution in [2.75, 3.05) is 24.6 Å². The molecule has 3 atom stereocenters. The second kappa shape index (κ2) is 8.01. The number of pyridine rings is 2. The van der Waals surface area contributed by atoms with Gasteiger partial charge in [0.1, 0.15) is 23.6 Å². The number of oxime groups is 1. The highest BCUT2D eigenvalue weighted by atomic mass is 32.1. The number of carboxylic acids is 1. The largest absolute Gasteiger partial charge is 0.487 e. The maximum Gasteiger partial charge on any atom is 0.341 e. The molecule has 0 aliphatic carbocycles. The standard InChI is InChI=1S/C23H19FN4O5.H2S/c1-11-10-32-22-19-12(21(29)14(23(30)31)8-28(11)19)6-15(24)20(22)27-7-13-17(9-27)33-26-18(13)16-4-2-3-5-25-16;/h2-6,8,11,13,17H,7,9-10H2,1H3,(H,30,31);1H2/t11-,13?,17?;/m0./s1. The van der Waals surface area contributed by atoms with Crippen molar-refractivity contribution in [3.8, 4) is 5.75 Å². The molecule has 1 aromatic carbocycles. The zero-order valence-electron chi connectivity index (χ0n) is 18.1. The van der Waals surface area contributed by atoms with E-state index in [2.05, 4.69) is 10.1 Å². The van der Waals surface area contributed by atoms with Crippen molar-refractivity contribution in [2.24, 2.45) is 11.1 Å². The summed E-state index contributed by atoms with van der Waals surface area (Å²) in [4.78, 5) is 36.2. The van der Waals surface area contributed by atoms with Crippen LogP contribution in [-0.2, 0) is 4.84 Å². The van der Waals surface area contributed by atoms with E-state index in [0.717, 1.165) is 11.8 Å². The molecule has 0 spiro atoms. The summed E-state index contributed by atoms with van der Waals surface area (Å²) in [5, 5.41) is 13.6. The fourth-order valence-electron chi connectivity index (χ4n) is 4.93. The van der Waals surface area contributed by atoms with Crippen LogP contribution in [-0.4, -0.2) is 52.1 Å². The average Bonchev–Trinajstić information content (AvgIpc) is 3.38. The monoisotopic (exact) mass is 484 g/mol. The van der Waals surface area contributed by atoms with Crippen LogP contribution in [0.1, 0.15) is 29.0 Å². The van der Waals surface area contributed by atoms with Crippen molar-refractivity contribution in [2.45, 2.75) is 19.1 Å². The molecule has 3 aliphatic heterocycles. The molecule has 0 radical (unpaired) electrons. The maximum atomic E-state index is 15.5. The van der Waals surface area contributed by atoms with Crippen LogP contribution in [0, 0.1) is 11.7 Å². The highest BCUT2D eigenvalue weighted by molar-refractivity contribution is 7.59. The van der Waals surface area contributed by atoms with Crippen LogP contribution in [0.25, 0.3) is 10.9 Å². The number of benzene rings is 1. The number of carbonyl (C=O) groups is 1. The minimum Gasteiger partial charge on any atom is -0.487 e. The van der Waals surface area contributed by atoms with Gasteiger partial charge in [0.05, 0.1) is 35.1 Å². The third-order valence-corrected chi connectivity index (χ3v) is 6.52. The molecule has 3 aliphatic rings. The fourth-order valence-corrected chi connectivity index (χ4v) is 4.93. The molecular formula is C23H21FN4O5S. The van der Waals surface area contributed by atoms with E-state index in [1.54, 1.807) is 10.8 Å². The fraction of sp³-hybridized carbons (Fsp3) is 0.304. The van der Waals surface area contributed by atoms with E-state index in [0.29, 0.717) is 24.3 Å². The molecule has 176 valence electrons. The lowest BCUT2D eigenvalue weighted by Gasteiger charge is -2.31. The lowest BCUT2D eigenvalue weighted by atomic mass is 9.98. The van der Waals surface area contributed by atoms with E-state index < -0.39 is 22.8 Å². The Labute approximate surface area is 199 Å². The van der Waals surface area contributed by atoms with Crippen molar-refractivity contribution in [1.29, 1.82) is 0 Å². The van der Waals surface area contributed by atoms with Gasteiger partial charge in [0.25, 0.3) is 0 Å². The van der Waals surface area contributed by atoms with E-state index in [1.807, 2.05) is 30.0 Å². The molecule has 3 aromatic rings. The van der Waals surface area contributed by atoms with Crippen molar-refractivity contribution in [1.82, 2.24) is 9.55 Å². The Balaban J connectivity index is 0.00000241. The zero-order chi connectivity index (χ0) is 22.9. The summed E-state index contributed by atoms with van der Waals surface area (Å²) in [6.45, 7) is 2.89. The molecule has 1 fully saturated rings. The first-order chi connectivity index (χ1) is 15.9. The van der Waals surface area contributed by atoms with Gasteiger partial charge in [0, 0.05) is 18.9 Å². The minimum atomic E-state index is -1.35. The lowest BCUT2D eigenvalue weighted by molar-refractivity contribution is 0.0694. The van der Waals surface area contributed by atoms with Crippen LogP contribution >= 0.6 is 13.5 Å².